The molecule has 9 nitrogen and oxygen atoms in total. The zero-order valence-corrected chi connectivity index (χ0v) is 9.21. The van der Waals surface area contributed by atoms with Crippen LogP contribution in [-0.4, -0.2) is 40.0 Å². The van der Waals surface area contributed by atoms with Crippen molar-refractivity contribution in [1.82, 2.24) is 4.98 Å². The Balaban J connectivity index is 0. The molecule has 0 saturated carbocycles. The number of hydrogen-bond acceptors (Lipinski definition) is 5. The Hall–Kier alpha value is -1.11. The van der Waals surface area contributed by atoms with Gasteiger partial charge in [-0.1, -0.05) is 6.07 Å². The first-order chi connectivity index (χ1) is 7.00. The Morgan fingerprint density at radius 2 is 0.938 bits per heavy atom. The quantitative estimate of drug-likeness (QED) is 0.468. The molecule has 0 amide bonds. The fourth-order valence-electron chi connectivity index (χ4n) is 0.313. The van der Waals surface area contributed by atoms with Gasteiger partial charge >= 0.3 is 20.8 Å². The van der Waals surface area contributed by atoms with Gasteiger partial charge in [0.15, 0.2) is 0 Å². The fraction of sp³-hybridized carbons (Fsp3) is 0. The van der Waals surface area contributed by atoms with Crippen LogP contribution in [0.4, 0.5) is 0 Å². The van der Waals surface area contributed by atoms with E-state index in [1.165, 1.54) is 0 Å². The minimum Gasteiger partial charge on any atom is -0.265 e. The van der Waals surface area contributed by atoms with Crippen molar-refractivity contribution >= 4 is 20.8 Å². The lowest BCUT2D eigenvalue weighted by atomic mass is 10.5. The van der Waals surface area contributed by atoms with Gasteiger partial charge in [-0.3, -0.25) is 23.2 Å². The second-order valence-electron chi connectivity index (χ2n) is 1.92. The lowest BCUT2D eigenvalue weighted by Crippen LogP contribution is -1.89. The van der Waals surface area contributed by atoms with Crippen LogP contribution in [0.5, 0.6) is 0 Å². The van der Waals surface area contributed by atoms with Crippen molar-refractivity contribution in [2.45, 2.75) is 0 Å². The highest BCUT2D eigenvalue weighted by atomic mass is 32.3. The molecule has 94 valence electrons. The SMILES string of the molecule is O=S(=O)(O)O.O=S(=O)(O)O.c1ccncc1. The normalized spacial score (nSPS) is 10.2. The monoisotopic (exact) mass is 275 g/mol. The zero-order valence-electron chi connectivity index (χ0n) is 7.57. The second-order valence-corrected chi connectivity index (χ2v) is 3.71. The molecule has 11 heteroatoms. The van der Waals surface area contributed by atoms with Crippen LogP contribution in [0.1, 0.15) is 0 Å². The van der Waals surface area contributed by atoms with Crippen molar-refractivity contribution in [1.29, 1.82) is 0 Å². The molecule has 0 saturated heterocycles. The van der Waals surface area contributed by atoms with Gasteiger partial charge in [0.1, 0.15) is 0 Å². The third-order valence-electron chi connectivity index (χ3n) is 0.566. The predicted molar refractivity (Wildman–Crippen MR) is 52.6 cm³/mol. The number of nitrogens with zero attached hydrogens (tertiary/aromatic N) is 1. The minimum atomic E-state index is -4.67. The molecule has 0 bridgehead atoms. The summed E-state index contributed by atoms with van der Waals surface area (Å²) in [6.45, 7) is 0. The maximum atomic E-state index is 8.74. The highest BCUT2D eigenvalue weighted by molar-refractivity contribution is 7.80. The average molecular weight is 275 g/mol. The van der Waals surface area contributed by atoms with Crippen LogP contribution in [-0.2, 0) is 20.8 Å². The lowest BCUT2D eigenvalue weighted by molar-refractivity contribution is 0.378. The largest absolute Gasteiger partial charge is 0.394 e. The van der Waals surface area contributed by atoms with E-state index in [0.29, 0.717) is 0 Å². The minimum absolute atomic E-state index is 1.75. The molecule has 1 rings (SSSR count). The molecule has 0 atom stereocenters. The Bertz CT molecular complexity index is 380. The van der Waals surface area contributed by atoms with Crippen molar-refractivity contribution in [3.63, 3.8) is 0 Å². The van der Waals surface area contributed by atoms with E-state index >= 15 is 0 Å². The first-order valence-corrected chi connectivity index (χ1v) is 6.04. The van der Waals surface area contributed by atoms with Crippen LogP contribution in [0, 0.1) is 0 Å². The molecular formula is C5H9NO8S2. The highest BCUT2D eigenvalue weighted by Gasteiger charge is 1.85. The summed E-state index contributed by atoms with van der Waals surface area (Å²) >= 11 is 0. The van der Waals surface area contributed by atoms with Crippen LogP contribution in [0.2, 0.25) is 0 Å². The van der Waals surface area contributed by atoms with Gasteiger partial charge in [0.2, 0.25) is 0 Å². The molecule has 4 N–H and O–H groups in total. The van der Waals surface area contributed by atoms with Crippen molar-refractivity contribution in [2.75, 3.05) is 0 Å². The zero-order chi connectivity index (χ0) is 13.2. The molecule has 1 aromatic heterocycles. The summed E-state index contributed by atoms with van der Waals surface area (Å²) < 4.78 is 63.2. The van der Waals surface area contributed by atoms with Gasteiger partial charge in [-0.25, -0.2) is 0 Å². The van der Waals surface area contributed by atoms with Gasteiger partial charge in [0, 0.05) is 12.4 Å². The van der Waals surface area contributed by atoms with Crippen LogP contribution in [0.25, 0.3) is 0 Å². The summed E-state index contributed by atoms with van der Waals surface area (Å²) in [7, 11) is -9.33. The average Bonchev–Trinajstić information content (AvgIpc) is 2.01. The summed E-state index contributed by atoms with van der Waals surface area (Å²) in [4.78, 5) is 3.78. The number of aromatic nitrogens is 1. The first-order valence-electron chi connectivity index (χ1n) is 3.25. The molecule has 0 unspecified atom stereocenters. The van der Waals surface area contributed by atoms with E-state index in [9.17, 15) is 0 Å². The smallest absolute Gasteiger partial charge is 0.265 e. The van der Waals surface area contributed by atoms with Crippen molar-refractivity contribution in [3.8, 4) is 0 Å². The van der Waals surface area contributed by atoms with Gasteiger partial charge in [0.05, 0.1) is 0 Å². The highest BCUT2D eigenvalue weighted by Crippen LogP contribution is 1.73. The molecule has 1 aromatic rings. The predicted octanol–water partition coefficient (Wildman–Crippen LogP) is -0.224. The van der Waals surface area contributed by atoms with Crippen LogP contribution < -0.4 is 0 Å². The molecule has 0 aliphatic heterocycles. The van der Waals surface area contributed by atoms with Crippen molar-refractivity contribution in [2.24, 2.45) is 0 Å². The third-order valence-corrected chi connectivity index (χ3v) is 0.566. The summed E-state index contributed by atoms with van der Waals surface area (Å²) in [6, 6.07) is 5.72. The molecule has 0 spiro atoms. The van der Waals surface area contributed by atoms with Crippen molar-refractivity contribution in [3.05, 3.63) is 30.6 Å². The van der Waals surface area contributed by atoms with Crippen LogP contribution >= 0.6 is 0 Å². The number of hydrogen-bond donors (Lipinski definition) is 4. The standard InChI is InChI=1S/C5H5N.2H2O4S/c1-2-4-6-5-3-1;2*1-5(2,3)4/h1-5H;2*(H2,1,2,3,4). The molecule has 0 aliphatic carbocycles. The summed E-state index contributed by atoms with van der Waals surface area (Å²) in [6.07, 6.45) is 3.50. The van der Waals surface area contributed by atoms with E-state index in [1.807, 2.05) is 18.2 Å². The van der Waals surface area contributed by atoms with Gasteiger partial charge in [-0.05, 0) is 12.1 Å². The lowest BCUT2D eigenvalue weighted by Gasteiger charge is -1.70. The fourth-order valence-corrected chi connectivity index (χ4v) is 0.313. The maximum absolute atomic E-state index is 8.74. The Labute approximate surface area is 91.9 Å². The van der Waals surface area contributed by atoms with Gasteiger partial charge in [-0.15, -0.1) is 0 Å². The molecule has 1 heterocycles. The van der Waals surface area contributed by atoms with Crippen molar-refractivity contribution < 1.29 is 35.0 Å². The summed E-state index contributed by atoms with van der Waals surface area (Å²) in [5.74, 6) is 0. The topological polar surface area (TPSA) is 162 Å². The van der Waals surface area contributed by atoms with E-state index < -0.39 is 20.8 Å². The molecule has 16 heavy (non-hydrogen) atoms. The second kappa shape index (κ2) is 8.09. The molecule has 0 aromatic carbocycles. The van der Waals surface area contributed by atoms with Crippen LogP contribution in [0.15, 0.2) is 30.6 Å². The molecule has 0 aliphatic rings. The van der Waals surface area contributed by atoms with E-state index in [1.54, 1.807) is 12.4 Å². The van der Waals surface area contributed by atoms with E-state index in [4.69, 9.17) is 35.0 Å². The van der Waals surface area contributed by atoms with Gasteiger partial charge in [-0.2, -0.15) is 16.8 Å². The summed E-state index contributed by atoms with van der Waals surface area (Å²) in [5, 5.41) is 0. The van der Waals surface area contributed by atoms with E-state index in [0.717, 1.165) is 0 Å². The van der Waals surface area contributed by atoms with E-state index in [2.05, 4.69) is 4.98 Å². The van der Waals surface area contributed by atoms with Crippen LogP contribution in [0.3, 0.4) is 0 Å². The number of pyridine rings is 1. The van der Waals surface area contributed by atoms with Gasteiger partial charge in [0.25, 0.3) is 0 Å². The molecule has 0 fully saturated rings. The summed E-state index contributed by atoms with van der Waals surface area (Å²) in [5.41, 5.74) is 0. The number of rotatable bonds is 0. The first kappa shape index (κ1) is 17.3. The molecular weight excluding hydrogens is 266 g/mol. The Morgan fingerprint density at radius 1 is 0.688 bits per heavy atom. The Kier molecular flexibility index (Phi) is 8.74. The Morgan fingerprint density at radius 3 is 1.00 bits per heavy atom. The third kappa shape index (κ3) is 76.2. The van der Waals surface area contributed by atoms with E-state index in [-0.39, 0.29) is 0 Å². The maximum Gasteiger partial charge on any atom is 0.394 e. The molecule has 0 radical (unpaired) electrons. The van der Waals surface area contributed by atoms with Gasteiger partial charge < -0.3 is 0 Å².